The van der Waals surface area contributed by atoms with Crippen LogP contribution in [-0.4, -0.2) is 17.0 Å². The molecule has 0 aromatic carbocycles. The molecule has 0 aliphatic carbocycles. The first kappa shape index (κ1) is 12.3. The van der Waals surface area contributed by atoms with Gasteiger partial charge in [0.25, 0.3) is 5.91 Å². The molecule has 0 bridgehead atoms. The summed E-state index contributed by atoms with van der Waals surface area (Å²) in [7, 11) is 0. The van der Waals surface area contributed by atoms with E-state index in [2.05, 4.69) is 35.1 Å². The Morgan fingerprint density at radius 1 is 1.60 bits per heavy atom. The summed E-state index contributed by atoms with van der Waals surface area (Å²) < 4.78 is 2.91. The molecule has 0 fully saturated rings. The van der Waals surface area contributed by atoms with Crippen LogP contribution in [0.2, 0.25) is 0 Å². The number of hydrogen-bond donors (Lipinski definition) is 1. The molecule has 84 valence electrons. The lowest BCUT2D eigenvalue weighted by Gasteiger charge is -2.12. The number of halogens is 1. The zero-order chi connectivity index (χ0) is 11.4. The molecule has 0 atom stereocenters. The van der Waals surface area contributed by atoms with E-state index in [0.717, 1.165) is 17.4 Å². The van der Waals surface area contributed by atoms with Gasteiger partial charge in [0.15, 0.2) is 0 Å². The summed E-state index contributed by atoms with van der Waals surface area (Å²) in [5.41, 5.74) is 0.713. The first-order valence-electron chi connectivity index (χ1n) is 5.21. The number of amides is 1. The molecule has 0 aliphatic rings. The Morgan fingerprint density at radius 2 is 2.27 bits per heavy atom. The van der Waals surface area contributed by atoms with Crippen molar-refractivity contribution in [2.24, 2.45) is 0 Å². The first-order chi connectivity index (χ1) is 7.06. The highest BCUT2D eigenvalue weighted by Crippen LogP contribution is 2.19. The van der Waals surface area contributed by atoms with E-state index >= 15 is 0 Å². The lowest BCUT2D eigenvalue weighted by molar-refractivity contribution is 0.0943. The van der Waals surface area contributed by atoms with E-state index in [1.54, 1.807) is 0 Å². The van der Waals surface area contributed by atoms with Crippen LogP contribution in [0.15, 0.2) is 16.7 Å². The van der Waals surface area contributed by atoms with Crippen LogP contribution in [0.25, 0.3) is 0 Å². The number of carbonyl (C=O) groups is 1. The highest BCUT2D eigenvalue weighted by Gasteiger charge is 2.13. The first-order valence-corrected chi connectivity index (χ1v) is 6.01. The predicted molar refractivity (Wildman–Crippen MR) is 65.1 cm³/mol. The molecule has 0 saturated heterocycles. The molecule has 4 heteroatoms. The van der Waals surface area contributed by atoms with Crippen LogP contribution in [0.3, 0.4) is 0 Å². The van der Waals surface area contributed by atoms with Gasteiger partial charge in [0.1, 0.15) is 5.69 Å². The highest BCUT2D eigenvalue weighted by atomic mass is 79.9. The normalized spacial score (nSPS) is 10.7. The zero-order valence-corrected chi connectivity index (χ0v) is 11.0. The summed E-state index contributed by atoms with van der Waals surface area (Å²) in [4.78, 5) is 11.8. The lowest BCUT2D eigenvalue weighted by atomic mass is 10.3. The van der Waals surface area contributed by atoms with E-state index in [1.165, 1.54) is 0 Å². The second-order valence-electron chi connectivity index (χ2n) is 3.80. The molecule has 1 amide bonds. The number of nitrogens with one attached hydrogen (secondary N) is 1. The summed E-state index contributed by atoms with van der Waals surface area (Å²) in [6.07, 6.45) is 2.89. The van der Waals surface area contributed by atoms with Crippen LogP contribution in [0.5, 0.6) is 0 Å². The molecule has 0 saturated carbocycles. The van der Waals surface area contributed by atoms with Crippen molar-refractivity contribution in [3.8, 4) is 0 Å². The van der Waals surface area contributed by atoms with Gasteiger partial charge in [-0.15, -0.1) is 0 Å². The predicted octanol–water partition coefficient (Wildman–Crippen LogP) is 2.97. The van der Waals surface area contributed by atoms with Crippen molar-refractivity contribution in [1.29, 1.82) is 0 Å². The molecule has 0 spiro atoms. The molecule has 1 N–H and O–H groups in total. The van der Waals surface area contributed by atoms with Crippen LogP contribution in [0.1, 0.15) is 43.7 Å². The van der Waals surface area contributed by atoms with Crippen molar-refractivity contribution in [1.82, 2.24) is 9.88 Å². The summed E-state index contributed by atoms with van der Waals surface area (Å²) in [6, 6.07) is 2.14. The Labute approximate surface area is 99.0 Å². The van der Waals surface area contributed by atoms with Crippen molar-refractivity contribution >= 4 is 21.8 Å². The van der Waals surface area contributed by atoms with Crippen molar-refractivity contribution < 1.29 is 4.79 Å². The summed E-state index contributed by atoms with van der Waals surface area (Å²) in [5.74, 6) is -0.00347. The topological polar surface area (TPSA) is 34.0 Å². The van der Waals surface area contributed by atoms with Gasteiger partial charge in [0, 0.05) is 23.3 Å². The number of hydrogen-bond acceptors (Lipinski definition) is 1. The molecule has 1 heterocycles. The third-order valence-electron chi connectivity index (χ3n) is 2.14. The minimum absolute atomic E-state index is 0.00347. The van der Waals surface area contributed by atoms with Gasteiger partial charge in [0.2, 0.25) is 0 Å². The van der Waals surface area contributed by atoms with Gasteiger partial charge < -0.3 is 9.88 Å². The maximum absolute atomic E-state index is 11.8. The molecule has 0 radical (unpaired) electrons. The molecule has 1 aromatic rings. The van der Waals surface area contributed by atoms with Crippen LogP contribution >= 0.6 is 15.9 Å². The average Bonchev–Trinajstić information content (AvgIpc) is 2.57. The maximum atomic E-state index is 11.8. The van der Waals surface area contributed by atoms with Crippen LogP contribution in [0, 0.1) is 0 Å². The second-order valence-corrected chi connectivity index (χ2v) is 4.72. The number of nitrogens with zero attached hydrogens (tertiary/aromatic N) is 1. The molecular formula is C11H17BrN2O. The monoisotopic (exact) mass is 272 g/mol. The molecule has 15 heavy (non-hydrogen) atoms. The number of rotatable bonds is 4. The number of carbonyl (C=O) groups excluding carboxylic acids is 1. The van der Waals surface area contributed by atoms with Crippen LogP contribution in [-0.2, 0) is 0 Å². The van der Waals surface area contributed by atoms with Gasteiger partial charge in [-0.05, 0) is 42.3 Å². The fourth-order valence-corrected chi connectivity index (χ4v) is 1.82. The van der Waals surface area contributed by atoms with Gasteiger partial charge in [0.05, 0.1) is 0 Å². The molecule has 1 rings (SSSR count). The van der Waals surface area contributed by atoms with E-state index in [4.69, 9.17) is 0 Å². The Kier molecular flexibility index (Phi) is 4.39. The largest absolute Gasteiger partial charge is 0.351 e. The van der Waals surface area contributed by atoms with E-state index in [1.807, 2.05) is 23.8 Å². The fraction of sp³-hybridized carbons (Fsp3) is 0.545. The standard InChI is InChI=1S/C11H17BrN2O/c1-4-5-13-11(15)10-6-9(12)7-14(10)8(2)3/h6-8H,4-5H2,1-3H3,(H,13,15). The zero-order valence-electron chi connectivity index (χ0n) is 9.38. The number of aromatic nitrogens is 1. The second kappa shape index (κ2) is 5.35. The van der Waals surface area contributed by atoms with E-state index in [0.29, 0.717) is 11.7 Å². The van der Waals surface area contributed by atoms with Gasteiger partial charge in [-0.25, -0.2) is 0 Å². The van der Waals surface area contributed by atoms with Gasteiger partial charge in [-0.2, -0.15) is 0 Å². The Balaban J connectivity index is 2.87. The van der Waals surface area contributed by atoms with Crippen molar-refractivity contribution in [3.63, 3.8) is 0 Å². The molecule has 0 unspecified atom stereocenters. The Morgan fingerprint density at radius 3 is 2.80 bits per heavy atom. The Hall–Kier alpha value is -0.770. The van der Waals surface area contributed by atoms with Crippen molar-refractivity contribution in [3.05, 3.63) is 22.4 Å². The summed E-state index contributed by atoms with van der Waals surface area (Å²) in [6.45, 7) is 6.88. The third-order valence-corrected chi connectivity index (χ3v) is 2.57. The van der Waals surface area contributed by atoms with Crippen molar-refractivity contribution in [2.45, 2.75) is 33.2 Å². The minimum Gasteiger partial charge on any atom is -0.351 e. The molecule has 3 nitrogen and oxygen atoms in total. The summed E-state index contributed by atoms with van der Waals surface area (Å²) in [5, 5.41) is 2.88. The lowest BCUT2D eigenvalue weighted by Crippen LogP contribution is -2.26. The molecule has 1 aromatic heterocycles. The average molecular weight is 273 g/mol. The molecular weight excluding hydrogens is 256 g/mol. The molecule has 0 aliphatic heterocycles. The van der Waals surface area contributed by atoms with Crippen molar-refractivity contribution in [2.75, 3.05) is 6.54 Å². The van der Waals surface area contributed by atoms with Crippen LogP contribution < -0.4 is 5.32 Å². The smallest absolute Gasteiger partial charge is 0.267 e. The van der Waals surface area contributed by atoms with E-state index in [9.17, 15) is 4.79 Å². The fourth-order valence-electron chi connectivity index (χ4n) is 1.38. The van der Waals surface area contributed by atoms with Crippen LogP contribution in [0.4, 0.5) is 0 Å². The SMILES string of the molecule is CCCNC(=O)c1cc(Br)cn1C(C)C. The quantitative estimate of drug-likeness (QED) is 0.899. The minimum atomic E-state index is -0.00347. The van der Waals surface area contributed by atoms with E-state index < -0.39 is 0 Å². The maximum Gasteiger partial charge on any atom is 0.267 e. The third kappa shape index (κ3) is 3.09. The Bertz CT molecular complexity index is 344. The van der Waals surface area contributed by atoms with Gasteiger partial charge in [-0.1, -0.05) is 6.92 Å². The summed E-state index contributed by atoms with van der Waals surface area (Å²) >= 11 is 3.39. The van der Waals surface area contributed by atoms with E-state index in [-0.39, 0.29) is 5.91 Å². The highest BCUT2D eigenvalue weighted by molar-refractivity contribution is 9.10. The van der Waals surface area contributed by atoms with Gasteiger partial charge >= 0.3 is 0 Å². The van der Waals surface area contributed by atoms with Gasteiger partial charge in [-0.3, -0.25) is 4.79 Å².